The van der Waals surface area contributed by atoms with Crippen molar-refractivity contribution in [2.24, 2.45) is 5.92 Å². The molecular weight excluding hydrogens is 266 g/mol. The van der Waals surface area contributed by atoms with Gasteiger partial charge in [0.2, 0.25) is 5.89 Å². The van der Waals surface area contributed by atoms with E-state index in [2.05, 4.69) is 22.4 Å². The molecule has 3 rings (SSSR count). The summed E-state index contributed by atoms with van der Waals surface area (Å²) in [5, 5.41) is 7.55. The molecule has 1 saturated heterocycles. The molecule has 1 fully saturated rings. The number of hydrogen-bond donors (Lipinski definition) is 1. The summed E-state index contributed by atoms with van der Waals surface area (Å²) in [5.74, 6) is 2.97. The monoisotopic (exact) mass is 287 g/mol. The van der Waals surface area contributed by atoms with Crippen LogP contribution in [0.4, 0.5) is 0 Å². The highest BCUT2D eigenvalue weighted by Gasteiger charge is 2.24. The van der Waals surface area contributed by atoms with E-state index in [4.69, 9.17) is 9.26 Å². The molecule has 112 valence electrons. The lowest BCUT2D eigenvalue weighted by atomic mass is 9.94. The van der Waals surface area contributed by atoms with Gasteiger partial charge in [-0.25, -0.2) is 0 Å². The predicted octanol–water partition coefficient (Wildman–Crippen LogP) is 2.73. The van der Waals surface area contributed by atoms with E-state index in [0.717, 1.165) is 30.1 Å². The van der Waals surface area contributed by atoms with Gasteiger partial charge in [-0.3, -0.25) is 0 Å². The molecule has 0 saturated carbocycles. The van der Waals surface area contributed by atoms with Crippen molar-refractivity contribution >= 4 is 0 Å². The number of ether oxygens (including phenoxy) is 1. The molecule has 2 heterocycles. The third-order valence-corrected chi connectivity index (χ3v) is 3.94. The summed E-state index contributed by atoms with van der Waals surface area (Å²) in [6, 6.07) is 8.13. The number of piperidine rings is 1. The van der Waals surface area contributed by atoms with Gasteiger partial charge < -0.3 is 14.6 Å². The maximum atomic E-state index is 5.43. The minimum Gasteiger partial charge on any atom is -0.497 e. The van der Waals surface area contributed by atoms with Gasteiger partial charge in [0.15, 0.2) is 5.82 Å². The van der Waals surface area contributed by atoms with E-state index in [1.54, 1.807) is 7.11 Å². The second kappa shape index (κ2) is 6.26. The first kappa shape index (κ1) is 14.1. The molecule has 1 N–H and O–H groups in total. The quantitative estimate of drug-likeness (QED) is 0.937. The van der Waals surface area contributed by atoms with Gasteiger partial charge >= 0.3 is 0 Å². The number of rotatable bonds is 4. The Morgan fingerprint density at radius 2 is 2.33 bits per heavy atom. The first-order valence-corrected chi connectivity index (χ1v) is 7.43. The van der Waals surface area contributed by atoms with Crippen molar-refractivity contribution < 1.29 is 9.26 Å². The van der Waals surface area contributed by atoms with Crippen LogP contribution in [0.15, 0.2) is 28.8 Å². The average molecular weight is 287 g/mol. The highest BCUT2D eigenvalue weighted by molar-refractivity contribution is 5.30. The third-order valence-electron chi connectivity index (χ3n) is 3.94. The molecule has 5 nitrogen and oxygen atoms in total. The van der Waals surface area contributed by atoms with Crippen LogP contribution in [0.1, 0.15) is 43.1 Å². The van der Waals surface area contributed by atoms with Crippen molar-refractivity contribution in [1.29, 1.82) is 0 Å². The van der Waals surface area contributed by atoms with Crippen LogP contribution >= 0.6 is 0 Å². The molecule has 2 aromatic rings. The fourth-order valence-corrected chi connectivity index (χ4v) is 2.74. The number of nitrogens with one attached hydrogen (secondary N) is 1. The van der Waals surface area contributed by atoms with Crippen molar-refractivity contribution in [2.75, 3.05) is 13.7 Å². The van der Waals surface area contributed by atoms with E-state index in [9.17, 15) is 0 Å². The molecule has 0 bridgehead atoms. The zero-order valence-electron chi connectivity index (χ0n) is 12.5. The fourth-order valence-electron chi connectivity index (χ4n) is 2.74. The fraction of sp³-hybridized carbons (Fsp3) is 0.500. The smallest absolute Gasteiger partial charge is 0.243 e. The maximum absolute atomic E-state index is 5.43. The maximum Gasteiger partial charge on any atom is 0.243 e. The lowest BCUT2D eigenvalue weighted by Gasteiger charge is -2.25. The molecule has 0 radical (unpaired) electrons. The minimum absolute atomic E-state index is 0.195. The molecule has 0 spiro atoms. The summed E-state index contributed by atoms with van der Waals surface area (Å²) in [6.45, 7) is 3.28. The first-order chi connectivity index (χ1) is 10.2. The van der Waals surface area contributed by atoms with Crippen LogP contribution in [0.25, 0.3) is 0 Å². The van der Waals surface area contributed by atoms with Gasteiger partial charge in [0.1, 0.15) is 5.75 Å². The van der Waals surface area contributed by atoms with Gasteiger partial charge in [-0.2, -0.15) is 4.98 Å². The Bertz CT molecular complexity index is 597. The van der Waals surface area contributed by atoms with Crippen LogP contribution in [0.3, 0.4) is 0 Å². The van der Waals surface area contributed by atoms with Crippen LogP contribution in [0, 0.1) is 5.92 Å². The van der Waals surface area contributed by atoms with E-state index < -0.39 is 0 Å². The molecule has 1 aliphatic heterocycles. The van der Waals surface area contributed by atoms with E-state index >= 15 is 0 Å². The Morgan fingerprint density at radius 1 is 1.43 bits per heavy atom. The number of hydrogen-bond acceptors (Lipinski definition) is 5. The molecule has 0 amide bonds. The van der Waals surface area contributed by atoms with Gasteiger partial charge in [0, 0.05) is 6.42 Å². The molecule has 1 aromatic heterocycles. The van der Waals surface area contributed by atoms with Crippen LogP contribution in [-0.4, -0.2) is 23.8 Å². The summed E-state index contributed by atoms with van der Waals surface area (Å²) in [7, 11) is 1.67. The highest BCUT2D eigenvalue weighted by atomic mass is 16.5. The zero-order chi connectivity index (χ0) is 14.7. The summed E-state index contributed by atoms with van der Waals surface area (Å²) in [5.41, 5.74) is 1.12. The molecule has 1 aromatic carbocycles. The van der Waals surface area contributed by atoms with Crippen molar-refractivity contribution in [3.8, 4) is 5.75 Å². The van der Waals surface area contributed by atoms with Crippen LogP contribution in [-0.2, 0) is 6.42 Å². The summed E-state index contributed by atoms with van der Waals surface area (Å²) in [4.78, 5) is 4.54. The van der Waals surface area contributed by atoms with E-state index in [0.29, 0.717) is 18.2 Å². The number of aromatic nitrogens is 2. The number of methoxy groups -OCH3 is 1. The first-order valence-electron chi connectivity index (χ1n) is 7.43. The second-order valence-electron chi connectivity index (χ2n) is 5.71. The topological polar surface area (TPSA) is 60.2 Å². The van der Waals surface area contributed by atoms with Gasteiger partial charge in [0.05, 0.1) is 13.2 Å². The number of benzene rings is 1. The largest absolute Gasteiger partial charge is 0.497 e. The third kappa shape index (κ3) is 3.42. The standard InChI is InChI=1S/C16H21N3O2/c1-11-6-7-17-14(8-11)16-18-15(19-21-16)10-12-4-3-5-13(9-12)20-2/h3-5,9,11,14,17H,6-8,10H2,1-2H3. The molecule has 5 heteroatoms. The van der Waals surface area contributed by atoms with Crippen LogP contribution in [0.2, 0.25) is 0 Å². The van der Waals surface area contributed by atoms with Crippen LogP contribution in [0.5, 0.6) is 5.75 Å². The summed E-state index contributed by atoms with van der Waals surface area (Å²) >= 11 is 0. The van der Waals surface area contributed by atoms with Crippen LogP contribution < -0.4 is 10.1 Å². The van der Waals surface area contributed by atoms with E-state index in [1.165, 1.54) is 6.42 Å². The lowest BCUT2D eigenvalue weighted by molar-refractivity contribution is 0.259. The van der Waals surface area contributed by atoms with Gasteiger partial charge in [-0.05, 0) is 43.0 Å². The normalized spacial score (nSPS) is 22.2. The molecule has 1 aliphatic rings. The van der Waals surface area contributed by atoms with Crippen molar-refractivity contribution in [3.05, 3.63) is 41.5 Å². The molecular formula is C16H21N3O2. The Morgan fingerprint density at radius 3 is 3.14 bits per heavy atom. The van der Waals surface area contributed by atoms with E-state index in [-0.39, 0.29) is 6.04 Å². The van der Waals surface area contributed by atoms with Gasteiger partial charge in [-0.1, -0.05) is 24.2 Å². The molecule has 0 aliphatic carbocycles. The summed E-state index contributed by atoms with van der Waals surface area (Å²) < 4.78 is 10.7. The van der Waals surface area contributed by atoms with Gasteiger partial charge in [0.25, 0.3) is 0 Å². The zero-order valence-corrected chi connectivity index (χ0v) is 12.5. The molecule has 2 atom stereocenters. The SMILES string of the molecule is COc1cccc(Cc2noc(C3CC(C)CCN3)n2)c1. The average Bonchev–Trinajstić information content (AvgIpc) is 2.96. The van der Waals surface area contributed by atoms with Gasteiger partial charge in [-0.15, -0.1) is 0 Å². The minimum atomic E-state index is 0.195. The lowest BCUT2D eigenvalue weighted by Crippen LogP contribution is -2.30. The molecule has 21 heavy (non-hydrogen) atoms. The number of nitrogens with zero attached hydrogens (tertiary/aromatic N) is 2. The predicted molar refractivity (Wildman–Crippen MR) is 79.2 cm³/mol. The molecule has 2 unspecified atom stereocenters. The highest BCUT2D eigenvalue weighted by Crippen LogP contribution is 2.26. The Kier molecular flexibility index (Phi) is 4.20. The van der Waals surface area contributed by atoms with Crippen molar-refractivity contribution in [1.82, 2.24) is 15.5 Å². The second-order valence-corrected chi connectivity index (χ2v) is 5.71. The summed E-state index contributed by atoms with van der Waals surface area (Å²) in [6.07, 6.45) is 2.92. The Labute approximate surface area is 124 Å². The van der Waals surface area contributed by atoms with Crippen molar-refractivity contribution in [2.45, 2.75) is 32.2 Å². The van der Waals surface area contributed by atoms with Crippen molar-refractivity contribution in [3.63, 3.8) is 0 Å². The van der Waals surface area contributed by atoms with E-state index in [1.807, 2.05) is 24.3 Å². The Balaban J connectivity index is 1.69. The Hall–Kier alpha value is -1.88.